The van der Waals surface area contributed by atoms with Gasteiger partial charge >= 0.3 is 5.97 Å². The molecule has 2 atom stereocenters. The van der Waals surface area contributed by atoms with E-state index in [-0.39, 0.29) is 5.92 Å². The van der Waals surface area contributed by atoms with Crippen LogP contribution in [0, 0.1) is 12.8 Å². The first-order valence-electron chi connectivity index (χ1n) is 6.72. The van der Waals surface area contributed by atoms with Crippen LogP contribution in [0.25, 0.3) is 0 Å². The highest BCUT2D eigenvalue weighted by Gasteiger charge is 2.29. The lowest BCUT2D eigenvalue weighted by Gasteiger charge is -2.28. The molecule has 0 saturated carbocycles. The van der Waals surface area contributed by atoms with E-state index < -0.39 is 5.97 Å². The largest absolute Gasteiger partial charge is 0.481 e. The molecule has 0 aromatic heterocycles. The lowest BCUT2D eigenvalue weighted by molar-refractivity contribution is -0.141. The summed E-state index contributed by atoms with van der Waals surface area (Å²) >= 11 is 0. The van der Waals surface area contributed by atoms with Gasteiger partial charge < -0.3 is 14.9 Å². The first-order valence-corrected chi connectivity index (χ1v) is 6.72. The first kappa shape index (κ1) is 13.9. The Kier molecular flexibility index (Phi) is 4.10. The maximum absolute atomic E-state index is 11.4. The zero-order valence-electron chi connectivity index (χ0n) is 11.8. The molecule has 1 fully saturated rings. The summed E-state index contributed by atoms with van der Waals surface area (Å²) in [7, 11) is 2.00. The second-order valence-corrected chi connectivity index (χ2v) is 5.52. The van der Waals surface area contributed by atoms with E-state index >= 15 is 0 Å². The fourth-order valence-corrected chi connectivity index (χ4v) is 2.66. The molecule has 0 amide bonds. The van der Waals surface area contributed by atoms with Gasteiger partial charge in [0, 0.05) is 31.4 Å². The van der Waals surface area contributed by atoms with Gasteiger partial charge in [-0.25, -0.2) is 0 Å². The molecule has 104 valence electrons. The number of anilines is 1. The Morgan fingerprint density at radius 1 is 1.26 bits per heavy atom. The molecule has 1 saturated heterocycles. The van der Waals surface area contributed by atoms with E-state index in [9.17, 15) is 9.90 Å². The van der Waals surface area contributed by atoms with Crippen LogP contribution < -0.4 is 4.90 Å². The SMILES string of the molecule is Cc1ccccc1N1CC(C(=O)O)CN(C)C(C)C1. The number of rotatable bonds is 2. The van der Waals surface area contributed by atoms with Crippen molar-refractivity contribution in [3.8, 4) is 0 Å². The molecule has 0 aliphatic carbocycles. The van der Waals surface area contributed by atoms with Crippen molar-refractivity contribution in [3.63, 3.8) is 0 Å². The van der Waals surface area contributed by atoms with E-state index in [0.29, 0.717) is 19.1 Å². The topological polar surface area (TPSA) is 43.8 Å². The highest BCUT2D eigenvalue weighted by Crippen LogP contribution is 2.24. The molecule has 1 N–H and O–H groups in total. The van der Waals surface area contributed by atoms with E-state index in [1.807, 2.05) is 19.2 Å². The number of aryl methyl sites for hydroxylation is 1. The predicted octanol–water partition coefficient (Wildman–Crippen LogP) is 1.84. The molecule has 1 aliphatic heterocycles. The van der Waals surface area contributed by atoms with Crippen LogP contribution >= 0.6 is 0 Å². The Labute approximate surface area is 114 Å². The van der Waals surface area contributed by atoms with Crippen LogP contribution in [0.2, 0.25) is 0 Å². The number of nitrogens with zero attached hydrogens (tertiary/aromatic N) is 2. The fourth-order valence-electron chi connectivity index (χ4n) is 2.66. The number of para-hydroxylation sites is 1. The number of aliphatic carboxylic acids is 1. The van der Waals surface area contributed by atoms with Crippen LogP contribution in [0.15, 0.2) is 24.3 Å². The van der Waals surface area contributed by atoms with Crippen molar-refractivity contribution in [2.24, 2.45) is 5.92 Å². The van der Waals surface area contributed by atoms with Crippen molar-refractivity contribution >= 4 is 11.7 Å². The second kappa shape index (κ2) is 5.61. The standard InChI is InChI=1S/C15H22N2O2/c1-11-6-4-5-7-14(11)17-8-12(2)16(3)9-13(10-17)15(18)19/h4-7,12-13H,8-10H2,1-3H3,(H,18,19). The van der Waals surface area contributed by atoms with Gasteiger partial charge in [-0.15, -0.1) is 0 Å². The van der Waals surface area contributed by atoms with Crippen molar-refractivity contribution in [2.45, 2.75) is 19.9 Å². The third kappa shape index (κ3) is 3.07. The van der Waals surface area contributed by atoms with Gasteiger partial charge in [0.25, 0.3) is 0 Å². The molecule has 0 bridgehead atoms. The number of carboxylic acids is 1. The Balaban J connectivity index is 2.28. The summed E-state index contributed by atoms with van der Waals surface area (Å²) in [4.78, 5) is 15.7. The van der Waals surface area contributed by atoms with Crippen molar-refractivity contribution in [1.82, 2.24) is 4.90 Å². The molecule has 4 heteroatoms. The number of carbonyl (C=O) groups is 1. The summed E-state index contributed by atoms with van der Waals surface area (Å²) in [5, 5.41) is 9.35. The molecule has 1 heterocycles. The monoisotopic (exact) mass is 262 g/mol. The minimum atomic E-state index is -0.709. The molecular formula is C15H22N2O2. The molecule has 1 aromatic rings. The Morgan fingerprint density at radius 3 is 2.58 bits per heavy atom. The van der Waals surface area contributed by atoms with Gasteiger partial charge in [-0.1, -0.05) is 18.2 Å². The third-order valence-electron chi connectivity index (χ3n) is 3.99. The van der Waals surface area contributed by atoms with Crippen LogP contribution in [-0.4, -0.2) is 48.7 Å². The molecular weight excluding hydrogens is 240 g/mol. The number of likely N-dealkylation sites (N-methyl/N-ethyl adjacent to an activating group) is 1. The van der Waals surface area contributed by atoms with Crippen molar-refractivity contribution in [1.29, 1.82) is 0 Å². The average Bonchev–Trinajstić information content (AvgIpc) is 2.50. The average molecular weight is 262 g/mol. The maximum Gasteiger partial charge on any atom is 0.309 e. The lowest BCUT2D eigenvalue weighted by atomic mass is 10.1. The van der Waals surface area contributed by atoms with Gasteiger partial charge in [0.15, 0.2) is 0 Å². The molecule has 1 aliphatic rings. The van der Waals surface area contributed by atoms with Crippen molar-refractivity contribution in [2.75, 3.05) is 31.6 Å². The number of hydrogen-bond donors (Lipinski definition) is 1. The summed E-state index contributed by atoms with van der Waals surface area (Å²) in [6.07, 6.45) is 0. The molecule has 0 spiro atoms. The Morgan fingerprint density at radius 2 is 1.95 bits per heavy atom. The molecule has 19 heavy (non-hydrogen) atoms. The minimum Gasteiger partial charge on any atom is -0.481 e. The van der Waals surface area contributed by atoms with E-state index in [1.54, 1.807) is 0 Å². The van der Waals surface area contributed by atoms with E-state index in [2.05, 4.69) is 35.8 Å². The van der Waals surface area contributed by atoms with Gasteiger partial charge in [-0.3, -0.25) is 4.79 Å². The highest BCUT2D eigenvalue weighted by atomic mass is 16.4. The van der Waals surface area contributed by atoms with Crippen LogP contribution in [0.4, 0.5) is 5.69 Å². The zero-order valence-corrected chi connectivity index (χ0v) is 11.8. The molecule has 0 radical (unpaired) electrons. The van der Waals surface area contributed by atoms with E-state index in [0.717, 1.165) is 12.2 Å². The maximum atomic E-state index is 11.4. The van der Waals surface area contributed by atoms with Gasteiger partial charge in [0.1, 0.15) is 0 Å². The van der Waals surface area contributed by atoms with Crippen LogP contribution in [0.5, 0.6) is 0 Å². The fraction of sp³-hybridized carbons (Fsp3) is 0.533. The quantitative estimate of drug-likeness (QED) is 0.883. The summed E-state index contributed by atoms with van der Waals surface area (Å²) in [5.41, 5.74) is 2.35. The molecule has 2 rings (SSSR count). The third-order valence-corrected chi connectivity index (χ3v) is 3.99. The number of hydrogen-bond acceptors (Lipinski definition) is 3. The normalized spacial score (nSPS) is 25.1. The van der Waals surface area contributed by atoms with Gasteiger partial charge in [0.05, 0.1) is 5.92 Å². The smallest absolute Gasteiger partial charge is 0.309 e. The summed E-state index contributed by atoms with van der Waals surface area (Å²) in [5.74, 6) is -1.05. The van der Waals surface area contributed by atoms with Gasteiger partial charge in [-0.2, -0.15) is 0 Å². The van der Waals surface area contributed by atoms with E-state index in [4.69, 9.17) is 0 Å². The van der Waals surface area contributed by atoms with Crippen LogP contribution in [-0.2, 0) is 4.79 Å². The minimum absolute atomic E-state index is 0.338. The summed E-state index contributed by atoms with van der Waals surface area (Å²) < 4.78 is 0. The Hall–Kier alpha value is -1.55. The first-order chi connectivity index (χ1) is 8.99. The molecule has 1 aromatic carbocycles. The lowest BCUT2D eigenvalue weighted by Crippen LogP contribution is -2.36. The Bertz CT molecular complexity index is 461. The second-order valence-electron chi connectivity index (χ2n) is 5.52. The predicted molar refractivity (Wildman–Crippen MR) is 76.6 cm³/mol. The molecule has 2 unspecified atom stereocenters. The van der Waals surface area contributed by atoms with E-state index in [1.165, 1.54) is 5.56 Å². The number of carboxylic acid groups (broad SMARTS) is 1. The highest BCUT2D eigenvalue weighted by molar-refractivity contribution is 5.71. The van der Waals surface area contributed by atoms with Gasteiger partial charge in [-0.05, 0) is 32.5 Å². The zero-order chi connectivity index (χ0) is 14.0. The van der Waals surface area contributed by atoms with Crippen molar-refractivity contribution in [3.05, 3.63) is 29.8 Å². The van der Waals surface area contributed by atoms with Gasteiger partial charge in [0.2, 0.25) is 0 Å². The molecule has 4 nitrogen and oxygen atoms in total. The van der Waals surface area contributed by atoms with Crippen LogP contribution in [0.3, 0.4) is 0 Å². The van der Waals surface area contributed by atoms with Crippen LogP contribution in [0.1, 0.15) is 12.5 Å². The van der Waals surface area contributed by atoms with Crippen molar-refractivity contribution < 1.29 is 9.90 Å². The summed E-state index contributed by atoms with van der Waals surface area (Å²) in [6, 6.07) is 8.53. The number of benzene rings is 1. The summed E-state index contributed by atoms with van der Waals surface area (Å²) in [6.45, 7) is 6.28.